The summed E-state index contributed by atoms with van der Waals surface area (Å²) in [6.07, 6.45) is 0. The number of carboxylic acid groups (broad SMARTS) is 1. The Hall–Kier alpha value is -2.48. The number of ether oxygens (including phenoxy) is 2. The number of hydrogen-bond donors (Lipinski definition) is 4. The molecule has 0 aliphatic carbocycles. The number of aliphatic hydroxyl groups is 1. The summed E-state index contributed by atoms with van der Waals surface area (Å²) in [5.41, 5.74) is -1.20. The number of fused-ring (bicyclic) bond motifs is 1. The fourth-order valence-corrected chi connectivity index (χ4v) is 1.62. The third-order valence-corrected chi connectivity index (χ3v) is 2.94. The average Bonchev–Trinajstić information content (AvgIpc) is 2.90. The first-order valence-corrected chi connectivity index (χ1v) is 6.24. The number of carbonyl (C=O) groups excluding carboxylic acids is 1. The van der Waals surface area contributed by atoms with Crippen molar-refractivity contribution in [3.05, 3.63) is 23.8 Å². The van der Waals surface area contributed by atoms with Gasteiger partial charge in [-0.15, -0.1) is 0 Å². The highest BCUT2D eigenvalue weighted by Crippen LogP contribution is 2.32. The number of nitrogens with one attached hydrogen (secondary N) is 2. The molecule has 0 spiro atoms. The lowest BCUT2D eigenvalue weighted by Gasteiger charge is -2.18. The van der Waals surface area contributed by atoms with Crippen molar-refractivity contribution < 1.29 is 29.3 Å². The molecule has 0 saturated carbocycles. The number of amides is 2. The summed E-state index contributed by atoms with van der Waals surface area (Å²) >= 11 is 0. The molecule has 0 fully saturated rings. The van der Waals surface area contributed by atoms with Gasteiger partial charge in [0, 0.05) is 6.54 Å². The Morgan fingerprint density at radius 3 is 2.71 bits per heavy atom. The second kappa shape index (κ2) is 5.88. The van der Waals surface area contributed by atoms with Gasteiger partial charge in [-0.3, -0.25) is 0 Å². The van der Waals surface area contributed by atoms with Crippen molar-refractivity contribution in [2.75, 3.05) is 13.3 Å². The number of benzene rings is 1. The fourth-order valence-electron chi connectivity index (χ4n) is 1.62. The Morgan fingerprint density at radius 1 is 1.29 bits per heavy atom. The van der Waals surface area contributed by atoms with E-state index < -0.39 is 24.1 Å². The maximum atomic E-state index is 11.5. The molecule has 2 amide bonds. The Kier molecular flexibility index (Phi) is 4.18. The summed E-state index contributed by atoms with van der Waals surface area (Å²) in [7, 11) is 0. The molecule has 1 unspecified atom stereocenters. The van der Waals surface area contributed by atoms with Crippen LogP contribution < -0.4 is 20.1 Å². The van der Waals surface area contributed by atoms with Gasteiger partial charge < -0.3 is 30.3 Å². The topological polar surface area (TPSA) is 117 Å². The fraction of sp³-hybridized carbons (Fsp3) is 0.385. The minimum Gasteiger partial charge on any atom is -0.479 e. The molecule has 1 heterocycles. The standard InChI is InChI=1S/C13H16N2O6/c1-13(19,11(16)17)6-15-12(18)14-5-8-2-3-9-10(4-8)21-7-20-9/h2-4,19H,5-7H2,1H3,(H,16,17)(H2,14,15,18). The highest BCUT2D eigenvalue weighted by Gasteiger charge is 2.30. The molecule has 0 bridgehead atoms. The van der Waals surface area contributed by atoms with Crippen molar-refractivity contribution in [1.29, 1.82) is 0 Å². The number of carboxylic acids is 1. The number of hydrogen-bond acceptors (Lipinski definition) is 5. The van der Waals surface area contributed by atoms with Crippen LogP contribution in [0.1, 0.15) is 12.5 Å². The first kappa shape index (κ1) is 14.9. The molecule has 8 heteroatoms. The van der Waals surface area contributed by atoms with Gasteiger partial charge in [0.2, 0.25) is 6.79 Å². The number of carbonyl (C=O) groups is 2. The average molecular weight is 296 g/mol. The van der Waals surface area contributed by atoms with Crippen LogP contribution >= 0.6 is 0 Å². The van der Waals surface area contributed by atoms with Gasteiger partial charge in [-0.1, -0.05) is 6.07 Å². The van der Waals surface area contributed by atoms with E-state index in [9.17, 15) is 14.7 Å². The number of rotatable bonds is 5. The van der Waals surface area contributed by atoms with Crippen LogP contribution in [0.5, 0.6) is 11.5 Å². The second-order valence-corrected chi connectivity index (χ2v) is 4.80. The van der Waals surface area contributed by atoms with Gasteiger partial charge >= 0.3 is 12.0 Å². The van der Waals surface area contributed by atoms with E-state index in [1.807, 2.05) is 0 Å². The first-order chi connectivity index (χ1) is 9.88. The predicted molar refractivity (Wildman–Crippen MR) is 71.1 cm³/mol. The molecule has 1 aromatic carbocycles. The Balaban J connectivity index is 1.80. The Morgan fingerprint density at radius 2 is 2.00 bits per heavy atom. The molecule has 1 aromatic rings. The molecular weight excluding hydrogens is 280 g/mol. The summed E-state index contributed by atoms with van der Waals surface area (Å²) in [4.78, 5) is 22.2. The van der Waals surface area contributed by atoms with E-state index >= 15 is 0 Å². The van der Waals surface area contributed by atoms with E-state index in [2.05, 4.69) is 10.6 Å². The third kappa shape index (κ3) is 3.76. The predicted octanol–water partition coefficient (Wildman–Crippen LogP) is 0.0501. The van der Waals surface area contributed by atoms with Crippen LogP contribution in [0.4, 0.5) is 4.79 Å². The lowest BCUT2D eigenvalue weighted by atomic mass is 10.1. The lowest BCUT2D eigenvalue weighted by molar-refractivity contribution is -0.155. The lowest BCUT2D eigenvalue weighted by Crippen LogP contribution is -2.48. The van der Waals surface area contributed by atoms with Crippen molar-refractivity contribution in [1.82, 2.24) is 10.6 Å². The highest BCUT2D eigenvalue weighted by molar-refractivity contribution is 5.79. The van der Waals surface area contributed by atoms with Crippen LogP contribution in [0.3, 0.4) is 0 Å². The molecule has 1 atom stereocenters. The minimum absolute atomic E-state index is 0.178. The smallest absolute Gasteiger partial charge is 0.337 e. The number of urea groups is 1. The van der Waals surface area contributed by atoms with Gasteiger partial charge in [0.25, 0.3) is 0 Å². The zero-order valence-electron chi connectivity index (χ0n) is 11.4. The first-order valence-electron chi connectivity index (χ1n) is 6.24. The van der Waals surface area contributed by atoms with Crippen molar-refractivity contribution in [3.8, 4) is 11.5 Å². The van der Waals surface area contributed by atoms with Crippen molar-refractivity contribution in [2.24, 2.45) is 0 Å². The van der Waals surface area contributed by atoms with E-state index in [-0.39, 0.29) is 13.3 Å². The minimum atomic E-state index is -2.00. The summed E-state index contributed by atoms with van der Waals surface area (Å²) in [6.45, 7) is 1.12. The quantitative estimate of drug-likeness (QED) is 0.610. The number of aliphatic carboxylic acids is 1. The van der Waals surface area contributed by atoms with Crippen LogP contribution in [0.2, 0.25) is 0 Å². The molecule has 0 saturated heterocycles. The molecule has 8 nitrogen and oxygen atoms in total. The van der Waals surface area contributed by atoms with Gasteiger partial charge in [0.1, 0.15) is 0 Å². The summed E-state index contributed by atoms with van der Waals surface area (Å²) in [5, 5.41) is 23.0. The summed E-state index contributed by atoms with van der Waals surface area (Å²) < 4.78 is 10.4. The normalized spacial score (nSPS) is 15.1. The third-order valence-electron chi connectivity index (χ3n) is 2.94. The van der Waals surface area contributed by atoms with E-state index in [1.165, 1.54) is 0 Å². The van der Waals surface area contributed by atoms with E-state index in [0.29, 0.717) is 11.5 Å². The van der Waals surface area contributed by atoms with Gasteiger partial charge in [-0.05, 0) is 24.6 Å². The zero-order chi connectivity index (χ0) is 15.5. The van der Waals surface area contributed by atoms with Gasteiger partial charge in [0.05, 0.1) is 6.54 Å². The van der Waals surface area contributed by atoms with Crippen LogP contribution in [-0.4, -0.2) is 41.2 Å². The second-order valence-electron chi connectivity index (χ2n) is 4.80. The molecule has 21 heavy (non-hydrogen) atoms. The molecular formula is C13H16N2O6. The van der Waals surface area contributed by atoms with E-state index in [4.69, 9.17) is 14.6 Å². The van der Waals surface area contributed by atoms with Gasteiger partial charge in [0.15, 0.2) is 17.1 Å². The molecule has 0 aromatic heterocycles. The van der Waals surface area contributed by atoms with E-state index in [0.717, 1.165) is 12.5 Å². The highest BCUT2D eigenvalue weighted by atomic mass is 16.7. The Bertz CT molecular complexity index is 558. The van der Waals surface area contributed by atoms with Crippen molar-refractivity contribution in [2.45, 2.75) is 19.1 Å². The van der Waals surface area contributed by atoms with Crippen LogP contribution in [0, 0.1) is 0 Å². The van der Waals surface area contributed by atoms with Crippen molar-refractivity contribution >= 4 is 12.0 Å². The van der Waals surface area contributed by atoms with Crippen LogP contribution in [0.15, 0.2) is 18.2 Å². The molecule has 1 aliphatic rings. The van der Waals surface area contributed by atoms with Gasteiger partial charge in [-0.2, -0.15) is 0 Å². The van der Waals surface area contributed by atoms with Gasteiger partial charge in [-0.25, -0.2) is 9.59 Å². The molecule has 114 valence electrons. The Labute approximate surface area is 120 Å². The summed E-state index contributed by atoms with van der Waals surface area (Å²) in [5.74, 6) is -0.136. The zero-order valence-corrected chi connectivity index (χ0v) is 11.4. The maximum absolute atomic E-state index is 11.5. The molecule has 0 radical (unpaired) electrons. The molecule has 2 rings (SSSR count). The SMILES string of the molecule is CC(O)(CNC(=O)NCc1ccc2c(c1)OCO2)C(=O)O. The van der Waals surface area contributed by atoms with Crippen molar-refractivity contribution in [3.63, 3.8) is 0 Å². The maximum Gasteiger partial charge on any atom is 0.337 e. The summed E-state index contributed by atoms with van der Waals surface area (Å²) in [6, 6.07) is 4.69. The van der Waals surface area contributed by atoms with Crippen LogP contribution in [0.25, 0.3) is 0 Å². The monoisotopic (exact) mass is 296 g/mol. The molecule has 1 aliphatic heterocycles. The van der Waals surface area contributed by atoms with E-state index in [1.54, 1.807) is 18.2 Å². The largest absolute Gasteiger partial charge is 0.479 e. The van der Waals surface area contributed by atoms with Crippen LogP contribution in [-0.2, 0) is 11.3 Å². The molecule has 4 N–H and O–H groups in total.